The first-order valence-electron chi connectivity index (χ1n) is 7.97. The molecule has 6 nitrogen and oxygen atoms in total. The van der Waals surface area contributed by atoms with Gasteiger partial charge in [0, 0.05) is 17.8 Å². The van der Waals surface area contributed by atoms with E-state index in [4.69, 9.17) is 9.47 Å². The van der Waals surface area contributed by atoms with Crippen LogP contribution in [0.25, 0.3) is 10.9 Å². The number of aromatic nitrogens is 1. The smallest absolute Gasteiger partial charge is 0.355 e. The molecule has 0 fully saturated rings. The van der Waals surface area contributed by atoms with Crippen molar-refractivity contribution in [2.75, 3.05) is 19.1 Å². The molecular formula is C20H18N2O4. The molecule has 2 aromatic rings. The molecule has 0 spiro atoms. The van der Waals surface area contributed by atoms with Gasteiger partial charge in [0.1, 0.15) is 5.70 Å². The number of fused-ring (bicyclic) bond motifs is 1. The number of aryl methyl sites for hydroxylation is 1. The summed E-state index contributed by atoms with van der Waals surface area (Å²) in [5.41, 5.74) is 2.62. The first kappa shape index (κ1) is 17.4. The van der Waals surface area contributed by atoms with E-state index in [1.807, 2.05) is 31.2 Å². The highest BCUT2D eigenvalue weighted by atomic mass is 16.5. The monoisotopic (exact) mass is 350 g/mol. The van der Waals surface area contributed by atoms with Crippen LogP contribution in [0.1, 0.15) is 5.56 Å². The van der Waals surface area contributed by atoms with E-state index in [-0.39, 0.29) is 11.3 Å². The highest BCUT2D eigenvalue weighted by Crippen LogP contribution is 2.31. The zero-order chi connectivity index (χ0) is 18.7. The normalized spacial score (nSPS) is 13.7. The Morgan fingerprint density at radius 2 is 1.85 bits per heavy atom. The number of benzene rings is 1. The molecule has 1 aliphatic rings. The minimum Gasteiger partial charge on any atom is -0.465 e. The van der Waals surface area contributed by atoms with Gasteiger partial charge in [-0.15, -0.1) is 0 Å². The number of carbonyl (C=O) groups excluding carboxylic acids is 2. The van der Waals surface area contributed by atoms with Crippen LogP contribution in [0.4, 0.5) is 5.69 Å². The summed E-state index contributed by atoms with van der Waals surface area (Å²) in [6.45, 7) is 1.93. The third-order valence-corrected chi connectivity index (χ3v) is 4.07. The molecule has 1 aromatic carbocycles. The molecule has 6 heteroatoms. The van der Waals surface area contributed by atoms with Gasteiger partial charge in [0.25, 0.3) is 0 Å². The summed E-state index contributed by atoms with van der Waals surface area (Å²) >= 11 is 0. The molecule has 1 aromatic heterocycles. The van der Waals surface area contributed by atoms with Crippen molar-refractivity contribution in [3.8, 4) is 0 Å². The van der Waals surface area contributed by atoms with Gasteiger partial charge < -0.3 is 14.4 Å². The molecule has 3 rings (SSSR count). The molecule has 0 bridgehead atoms. The average molecular weight is 350 g/mol. The minimum atomic E-state index is -0.637. The Morgan fingerprint density at radius 3 is 2.58 bits per heavy atom. The van der Waals surface area contributed by atoms with Crippen LogP contribution in [-0.2, 0) is 19.1 Å². The van der Waals surface area contributed by atoms with E-state index < -0.39 is 11.9 Å². The average Bonchev–Trinajstić information content (AvgIpc) is 2.89. The molecule has 0 saturated heterocycles. The number of hydrogen-bond donors (Lipinski definition) is 0. The summed E-state index contributed by atoms with van der Waals surface area (Å²) in [6, 6.07) is 7.69. The number of hydrogen-bond acceptors (Lipinski definition) is 6. The van der Waals surface area contributed by atoms with Gasteiger partial charge in [-0.2, -0.15) is 0 Å². The van der Waals surface area contributed by atoms with Crippen molar-refractivity contribution < 1.29 is 19.1 Å². The lowest BCUT2D eigenvalue weighted by Crippen LogP contribution is -2.27. The van der Waals surface area contributed by atoms with E-state index in [0.29, 0.717) is 0 Å². The van der Waals surface area contributed by atoms with Crippen molar-refractivity contribution in [2.24, 2.45) is 0 Å². The fraction of sp³-hybridized carbons (Fsp3) is 0.150. The molecule has 0 unspecified atom stereocenters. The van der Waals surface area contributed by atoms with Gasteiger partial charge in [-0.3, -0.25) is 4.98 Å². The van der Waals surface area contributed by atoms with E-state index in [9.17, 15) is 9.59 Å². The topological polar surface area (TPSA) is 68.7 Å². The molecule has 0 N–H and O–H groups in total. The van der Waals surface area contributed by atoms with Crippen LogP contribution in [0.3, 0.4) is 0 Å². The van der Waals surface area contributed by atoms with Crippen molar-refractivity contribution in [3.63, 3.8) is 0 Å². The summed E-state index contributed by atoms with van der Waals surface area (Å²) in [6.07, 6.45) is 8.35. The highest BCUT2D eigenvalue weighted by Gasteiger charge is 2.28. The molecule has 0 amide bonds. The maximum Gasteiger partial charge on any atom is 0.355 e. The maximum atomic E-state index is 12.5. The molecule has 2 heterocycles. The molecule has 0 aliphatic carbocycles. The maximum absolute atomic E-state index is 12.5. The second-order valence-corrected chi connectivity index (χ2v) is 5.65. The van der Waals surface area contributed by atoms with Crippen molar-refractivity contribution >= 4 is 28.5 Å². The van der Waals surface area contributed by atoms with Gasteiger partial charge in [0.05, 0.1) is 31.0 Å². The molecule has 26 heavy (non-hydrogen) atoms. The second kappa shape index (κ2) is 7.23. The Hall–Kier alpha value is -3.41. The fourth-order valence-corrected chi connectivity index (χ4v) is 2.83. The molecule has 0 saturated carbocycles. The van der Waals surface area contributed by atoms with Crippen molar-refractivity contribution in [1.29, 1.82) is 0 Å². The third kappa shape index (κ3) is 3.09. The molecule has 0 atom stereocenters. The lowest BCUT2D eigenvalue weighted by molar-refractivity contribution is -0.139. The van der Waals surface area contributed by atoms with Crippen LogP contribution < -0.4 is 4.90 Å². The number of ether oxygens (including phenoxy) is 2. The Kier molecular flexibility index (Phi) is 4.84. The van der Waals surface area contributed by atoms with Gasteiger partial charge in [0.15, 0.2) is 0 Å². The lowest BCUT2D eigenvalue weighted by Gasteiger charge is -2.25. The molecule has 132 valence electrons. The van der Waals surface area contributed by atoms with Gasteiger partial charge in [-0.25, -0.2) is 9.59 Å². The van der Waals surface area contributed by atoms with Gasteiger partial charge in [0.2, 0.25) is 0 Å². The van der Waals surface area contributed by atoms with E-state index in [0.717, 1.165) is 22.2 Å². The first-order chi connectivity index (χ1) is 12.6. The predicted molar refractivity (Wildman–Crippen MR) is 98.3 cm³/mol. The first-order valence-corrected chi connectivity index (χ1v) is 7.97. The number of anilines is 1. The molecule has 1 aliphatic heterocycles. The lowest BCUT2D eigenvalue weighted by atomic mass is 10.1. The quantitative estimate of drug-likeness (QED) is 0.793. The number of pyridine rings is 1. The van der Waals surface area contributed by atoms with Crippen molar-refractivity contribution in [3.05, 3.63) is 71.7 Å². The Balaban J connectivity index is 2.25. The number of nitrogens with zero attached hydrogens (tertiary/aromatic N) is 2. The van der Waals surface area contributed by atoms with Crippen LogP contribution in [0.15, 0.2) is 66.2 Å². The SMILES string of the molecule is COC(=O)C1=C(C(=O)OC)N(c2cc3ncccc3cc2C)C=CC=C1. The Bertz CT molecular complexity index is 973. The number of methoxy groups -OCH3 is 2. The summed E-state index contributed by atoms with van der Waals surface area (Å²) < 4.78 is 9.75. The number of rotatable bonds is 3. The van der Waals surface area contributed by atoms with E-state index >= 15 is 0 Å². The third-order valence-electron chi connectivity index (χ3n) is 4.07. The van der Waals surface area contributed by atoms with E-state index in [2.05, 4.69) is 4.98 Å². The number of esters is 2. The summed E-state index contributed by atoms with van der Waals surface area (Å²) in [7, 11) is 2.54. The van der Waals surface area contributed by atoms with Crippen LogP contribution in [-0.4, -0.2) is 31.1 Å². The van der Waals surface area contributed by atoms with Crippen molar-refractivity contribution in [2.45, 2.75) is 6.92 Å². The van der Waals surface area contributed by atoms with Crippen LogP contribution in [0.2, 0.25) is 0 Å². The van der Waals surface area contributed by atoms with Gasteiger partial charge >= 0.3 is 11.9 Å². The highest BCUT2D eigenvalue weighted by molar-refractivity contribution is 6.06. The predicted octanol–water partition coefficient (Wildman–Crippen LogP) is 3.03. The Morgan fingerprint density at radius 1 is 1.08 bits per heavy atom. The standard InChI is InChI=1S/C20H18N2O4/c1-13-11-14-7-6-9-21-16(14)12-17(13)22-10-5-4-8-15(19(23)25-2)18(22)20(24)26-3/h4-12H,1-3H3. The summed E-state index contributed by atoms with van der Waals surface area (Å²) in [4.78, 5) is 30.7. The second-order valence-electron chi connectivity index (χ2n) is 5.65. The van der Waals surface area contributed by atoms with Gasteiger partial charge in [-0.1, -0.05) is 12.1 Å². The Labute approximate surface area is 151 Å². The van der Waals surface area contributed by atoms with Crippen LogP contribution >= 0.6 is 0 Å². The molecular weight excluding hydrogens is 332 g/mol. The fourth-order valence-electron chi connectivity index (χ4n) is 2.83. The van der Waals surface area contributed by atoms with Gasteiger partial charge in [-0.05, 0) is 42.8 Å². The van der Waals surface area contributed by atoms with Crippen LogP contribution in [0, 0.1) is 6.92 Å². The zero-order valence-corrected chi connectivity index (χ0v) is 14.7. The van der Waals surface area contributed by atoms with E-state index in [1.165, 1.54) is 20.3 Å². The minimum absolute atomic E-state index is 0.0859. The number of carbonyl (C=O) groups is 2. The van der Waals surface area contributed by atoms with Crippen LogP contribution in [0.5, 0.6) is 0 Å². The number of allylic oxidation sites excluding steroid dienone is 2. The summed E-state index contributed by atoms with van der Waals surface area (Å²) in [5.74, 6) is -1.26. The largest absolute Gasteiger partial charge is 0.465 e. The zero-order valence-electron chi connectivity index (χ0n) is 14.7. The summed E-state index contributed by atoms with van der Waals surface area (Å²) in [5, 5.41) is 0.988. The van der Waals surface area contributed by atoms with E-state index in [1.54, 1.807) is 29.4 Å². The van der Waals surface area contributed by atoms with Crippen molar-refractivity contribution in [1.82, 2.24) is 4.98 Å². The molecule has 0 radical (unpaired) electrons.